The minimum absolute atomic E-state index is 0.00651. The van der Waals surface area contributed by atoms with Crippen LogP contribution in [-0.4, -0.2) is 35.8 Å². The van der Waals surface area contributed by atoms with Crippen molar-refractivity contribution in [3.8, 4) is 0 Å². The molecule has 0 bridgehead atoms. The Hall–Kier alpha value is -1.36. The summed E-state index contributed by atoms with van der Waals surface area (Å²) in [5, 5.41) is 3.01. The molecule has 0 radical (unpaired) electrons. The van der Waals surface area contributed by atoms with Gasteiger partial charge in [0.2, 0.25) is 5.91 Å². The van der Waals surface area contributed by atoms with Gasteiger partial charge in [-0.3, -0.25) is 9.59 Å². The number of carbonyl (C=O) groups excluding carboxylic acids is 2. The Labute approximate surface area is 135 Å². The lowest BCUT2D eigenvalue weighted by atomic mass is 10.1. The summed E-state index contributed by atoms with van der Waals surface area (Å²) in [5.41, 5.74) is 1.17. The molecule has 0 aromatic carbocycles. The summed E-state index contributed by atoms with van der Waals surface area (Å²) in [6.45, 7) is 5.47. The largest absolute Gasteiger partial charge is 0.351 e. The first-order chi connectivity index (χ1) is 10.5. The van der Waals surface area contributed by atoms with Crippen LogP contribution in [0.3, 0.4) is 0 Å². The van der Waals surface area contributed by atoms with Crippen LogP contribution in [-0.2, 0) is 4.79 Å². The number of nitrogens with zero attached hydrogens (tertiary/aromatic N) is 1. The van der Waals surface area contributed by atoms with E-state index in [4.69, 9.17) is 0 Å². The molecule has 4 nitrogen and oxygen atoms in total. The maximum absolute atomic E-state index is 12.2. The number of thiophene rings is 1. The first-order valence-corrected chi connectivity index (χ1v) is 9.01. The van der Waals surface area contributed by atoms with Crippen molar-refractivity contribution in [3.05, 3.63) is 21.4 Å². The molecule has 2 fully saturated rings. The maximum Gasteiger partial charge on any atom is 0.261 e. The highest BCUT2D eigenvalue weighted by Crippen LogP contribution is 2.29. The van der Waals surface area contributed by atoms with Crippen molar-refractivity contribution >= 4 is 23.2 Å². The second-order valence-corrected chi connectivity index (χ2v) is 7.87. The van der Waals surface area contributed by atoms with E-state index < -0.39 is 0 Å². The number of rotatable bonds is 4. The predicted molar refractivity (Wildman–Crippen MR) is 88.2 cm³/mol. The topological polar surface area (TPSA) is 49.4 Å². The summed E-state index contributed by atoms with van der Waals surface area (Å²) in [6.07, 6.45) is 5.37. The third kappa shape index (κ3) is 3.19. The first-order valence-electron chi connectivity index (χ1n) is 8.19. The van der Waals surface area contributed by atoms with Gasteiger partial charge in [0.1, 0.15) is 0 Å². The van der Waals surface area contributed by atoms with Crippen LogP contribution in [0, 0.1) is 19.8 Å². The van der Waals surface area contributed by atoms with E-state index in [9.17, 15) is 9.59 Å². The van der Waals surface area contributed by atoms with Gasteiger partial charge in [0.15, 0.2) is 0 Å². The van der Waals surface area contributed by atoms with Crippen LogP contribution < -0.4 is 5.32 Å². The number of likely N-dealkylation sites (tertiary alicyclic amines) is 1. The van der Waals surface area contributed by atoms with Crippen molar-refractivity contribution in [2.75, 3.05) is 13.1 Å². The molecule has 2 aliphatic rings. The molecular formula is C17H24N2O2S. The van der Waals surface area contributed by atoms with Crippen LogP contribution >= 0.6 is 11.3 Å². The standard InChI is InChI=1S/C17H24N2O2S/c1-11-7-15(22-12(11)2)17(21)18-9-13-8-16(20)19(10-13)14-5-3-4-6-14/h7,13-14H,3-6,8-10H2,1-2H3,(H,18,21)/t13-/m1/s1. The van der Waals surface area contributed by atoms with E-state index in [1.165, 1.54) is 34.6 Å². The highest BCUT2D eigenvalue weighted by Gasteiger charge is 2.35. The average molecular weight is 320 g/mol. The molecule has 1 N–H and O–H groups in total. The normalized spacial score (nSPS) is 22.5. The van der Waals surface area contributed by atoms with Gasteiger partial charge in [-0.2, -0.15) is 0 Å². The van der Waals surface area contributed by atoms with E-state index in [2.05, 4.69) is 10.2 Å². The minimum Gasteiger partial charge on any atom is -0.351 e. The van der Waals surface area contributed by atoms with Crippen LogP contribution in [0.4, 0.5) is 0 Å². The molecule has 1 aliphatic heterocycles. The van der Waals surface area contributed by atoms with Gasteiger partial charge in [-0.05, 0) is 38.3 Å². The summed E-state index contributed by atoms with van der Waals surface area (Å²) in [5.74, 6) is 0.529. The van der Waals surface area contributed by atoms with Crippen LogP contribution in [0.25, 0.3) is 0 Å². The van der Waals surface area contributed by atoms with Crippen LogP contribution in [0.5, 0.6) is 0 Å². The van der Waals surface area contributed by atoms with Gasteiger partial charge in [-0.25, -0.2) is 0 Å². The van der Waals surface area contributed by atoms with Gasteiger partial charge in [0.25, 0.3) is 5.91 Å². The molecule has 1 aliphatic carbocycles. The second kappa shape index (κ2) is 6.41. The summed E-state index contributed by atoms with van der Waals surface area (Å²) in [6, 6.07) is 2.40. The van der Waals surface area contributed by atoms with Crippen molar-refractivity contribution in [2.24, 2.45) is 5.92 Å². The molecular weight excluding hydrogens is 296 g/mol. The zero-order chi connectivity index (χ0) is 15.7. The Morgan fingerprint density at radius 3 is 2.73 bits per heavy atom. The lowest BCUT2D eigenvalue weighted by molar-refractivity contribution is -0.129. The fourth-order valence-corrected chi connectivity index (χ4v) is 4.47. The number of amides is 2. The summed E-state index contributed by atoms with van der Waals surface area (Å²) < 4.78 is 0. The molecule has 2 heterocycles. The monoisotopic (exact) mass is 320 g/mol. The molecule has 1 saturated carbocycles. The van der Waals surface area contributed by atoms with Crippen molar-refractivity contribution in [1.29, 1.82) is 0 Å². The Morgan fingerprint density at radius 2 is 2.09 bits per heavy atom. The minimum atomic E-state index is -0.00651. The average Bonchev–Trinajstić information content (AvgIpc) is 3.18. The zero-order valence-electron chi connectivity index (χ0n) is 13.4. The lowest BCUT2D eigenvalue weighted by Gasteiger charge is -2.24. The van der Waals surface area contributed by atoms with Gasteiger partial charge in [-0.15, -0.1) is 11.3 Å². The van der Waals surface area contributed by atoms with E-state index in [-0.39, 0.29) is 17.7 Å². The van der Waals surface area contributed by atoms with Crippen molar-refractivity contribution in [1.82, 2.24) is 10.2 Å². The zero-order valence-corrected chi connectivity index (χ0v) is 14.2. The third-order valence-electron chi connectivity index (χ3n) is 4.95. The van der Waals surface area contributed by atoms with Crippen LogP contribution in [0.1, 0.15) is 52.2 Å². The number of nitrogens with one attached hydrogen (secondary N) is 1. The Balaban J connectivity index is 1.51. The second-order valence-electron chi connectivity index (χ2n) is 6.61. The highest BCUT2D eigenvalue weighted by atomic mass is 32.1. The fraction of sp³-hybridized carbons (Fsp3) is 0.647. The number of hydrogen-bond donors (Lipinski definition) is 1. The number of aryl methyl sites for hydroxylation is 2. The highest BCUT2D eigenvalue weighted by molar-refractivity contribution is 7.14. The summed E-state index contributed by atoms with van der Waals surface area (Å²) >= 11 is 1.54. The molecule has 0 unspecified atom stereocenters. The summed E-state index contributed by atoms with van der Waals surface area (Å²) in [7, 11) is 0. The summed E-state index contributed by atoms with van der Waals surface area (Å²) in [4.78, 5) is 28.4. The quantitative estimate of drug-likeness (QED) is 0.927. The van der Waals surface area contributed by atoms with Gasteiger partial charge in [0.05, 0.1) is 4.88 Å². The molecule has 1 aromatic rings. The van der Waals surface area contributed by atoms with Gasteiger partial charge in [-0.1, -0.05) is 12.8 Å². The van der Waals surface area contributed by atoms with E-state index >= 15 is 0 Å². The Kier molecular flexibility index (Phi) is 4.52. The van der Waals surface area contributed by atoms with E-state index in [1.54, 1.807) is 0 Å². The lowest BCUT2D eigenvalue weighted by Crippen LogP contribution is -2.35. The maximum atomic E-state index is 12.2. The molecule has 0 spiro atoms. The van der Waals surface area contributed by atoms with E-state index in [0.29, 0.717) is 19.0 Å². The van der Waals surface area contributed by atoms with E-state index in [1.807, 2.05) is 19.9 Å². The molecule has 1 atom stereocenters. The fourth-order valence-electron chi connectivity index (χ4n) is 3.52. The molecule has 22 heavy (non-hydrogen) atoms. The Morgan fingerprint density at radius 1 is 1.36 bits per heavy atom. The molecule has 5 heteroatoms. The van der Waals surface area contributed by atoms with Gasteiger partial charge >= 0.3 is 0 Å². The number of hydrogen-bond acceptors (Lipinski definition) is 3. The van der Waals surface area contributed by atoms with E-state index in [0.717, 1.165) is 24.3 Å². The smallest absolute Gasteiger partial charge is 0.261 e. The van der Waals surface area contributed by atoms with Crippen molar-refractivity contribution in [2.45, 2.75) is 52.0 Å². The van der Waals surface area contributed by atoms with Gasteiger partial charge in [0, 0.05) is 36.3 Å². The van der Waals surface area contributed by atoms with Gasteiger partial charge < -0.3 is 10.2 Å². The van der Waals surface area contributed by atoms with Crippen molar-refractivity contribution < 1.29 is 9.59 Å². The molecule has 3 rings (SSSR count). The van der Waals surface area contributed by atoms with Crippen molar-refractivity contribution in [3.63, 3.8) is 0 Å². The molecule has 1 aromatic heterocycles. The number of carbonyl (C=O) groups is 2. The molecule has 2 amide bonds. The van der Waals surface area contributed by atoms with Crippen LogP contribution in [0.15, 0.2) is 6.07 Å². The third-order valence-corrected chi connectivity index (χ3v) is 6.10. The molecule has 1 saturated heterocycles. The first kappa shape index (κ1) is 15.5. The molecule has 120 valence electrons. The van der Waals surface area contributed by atoms with Crippen LogP contribution in [0.2, 0.25) is 0 Å². The predicted octanol–water partition coefficient (Wildman–Crippen LogP) is 2.89. The SMILES string of the molecule is Cc1cc(C(=O)NC[C@H]2CC(=O)N(C3CCCC3)C2)sc1C. The Bertz CT molecular complexity index is 556.